The number of nitrogens with zero attached hydrogens (tertiary/aromatic N) is 1. The topological polar surface area (TPSA) is 58.4 Å². The Morgan fingerprint density at radius 3 is 2.76 bits per heavy atom. The van der Waals surface area contributed by atoms with Crippen molar-refractivity contribution in [2.45, 2.75) is 45.2 Å². The highest BCUT2D eigenvalue weighted by molar-refractivity contribution is 6.33. The standard InChI is InChI=1S/C16H22ClN3O/c1-9(2)5-6-20(10-3-4-10)14-8-13-11(7-12(14)17)15(18)16(21)19-13/h7-10,15H,3-6,18H2,1-2H3,(H,19,21). The summed E-state index contributed by atoms with van der Waals surface area (Å²) in [6.07, 6.45) is 3.57. The maximum Gasteiger partial charge on any atom is 0.245 e. The number of benzene rings is 1. The number of rotatable bonds is 5. The molecule has 0 bridgehead atoms. The molecule has 1 atom stereocenters. The number of fused-ring (bicyclic) bond motifs is 1. The van der Waals surface area contributed by atoms with Crippen LogP contribution in [0, 0.1) is 5.92 Å². The van der Waals surface area contributed by atoms with E-state index in [1.165, 1.54) is 12.8 Å². The summed E-state index contributed by atoms with van der Waals surface area (Å²) in [6.45, 7) is 5.46. The maximum atomic E-state index is 11.7. The molecule has 1 aromatic carbocycles. The number of hydrogen-bond acceptors (Lipinski definition) is 3. The Kier molecular flexibility index (Phi) is 3.84. The van der Waals surface area contributed by atoms with E-state index < -0.39 is 6.04 Å². The van der Waals surface area contributed by atoms with Gasteiger partial charge in [0.2, 0.25) is 5.91 Å². The van der Waals surface area contributed by atoms with Gasteiger partial charge in [0.1, 0.15) is 6.04 Å². The Balaban J connectivity index is 1.90. The lowest BCUT2D eigenvalue weighted by Gasteiger charge is -2.27. The number of amides is 1. The van der Waals surface area contributed by atoms with Gasteiger partial charge in [-0.3, -0.25) is 4.79 Å². The van der Waals surface area contributed by atoms with Gasteiger partial charge in [0.25, 0.3) is 0 Å². The van der Waals surface area contributed by atoms with E-state index in [4.69, 9.17) is 17.3 Å². The SMILES string of the molecule is CC(C)CCN(c1cc2c(cc1Cl)C(N)C(=O)N2)C1CC1. The molecule has 1 saturated carbocycles. The Bertz CT molecular complexity index is 569. The second-order valence-electron chi connectivity index (χ2n) is 6.46. The fourth-order valence-electron chi connectivity index (χ4n) is 2.80. The predicted molar refractivity (Wildman–Crippen MR) is 86.8 cm³/mol. The molecule has 3 N–H and O–H groups in total. The van der Waals surface area contributed by atoms with Crippen molar-refractivity contribution in [2.75, 3.05) is 16.8 Å². The summed E-state index contributed by atoms with van der Waals surface area (Å²) in [6, 6.07) is 3.82. The van der Waals surface area contributed by atoms with E-state index in [1.54, 1.807) is 0 Å². The van der Waals surface area contributed by atoms with Crippen molar-refractivity contribution in [3.8, 4) is 0 Å². The summed E-state index contributed by atoms with van der Waals surface area (Å²) in [7, 11) is 0. The molecule has 0 aromatic heterocycles. The van der Waals surface area contributed by atoms with E-state index >= 15 is 0 Å². The third-order valence-electron chi connectivity index (χ3n) is 4.24. The van der Waals surface area contributed by atoms with Crippen molar-refractivity contribution in [1.29, 1.82) is 0 Å². The minimum absolute atomic E-state index is 0.154. The molecule has 3 rings (SSSR count). The summed E-state index contributed by atoms with van der Waals surface area (Å²) in [5, 5.41) is 3.54. The van der Waals surface area contributed by atoms with E-state index in [-0.39, 0.29) is 5.91 Å². The van der Waals surface area contributed by atoms with Crippen LogP contribution in [0.25, 0.3) is 0 Å². The molecule has 1 amide bonds. The van der Waals surface area contributed by atoms with Crippen molar-refractivity contribution < 1.29 is 4.79 Å². The summed E-state index contributed by atoms with van der Waals surface area (Å²) in [5.74, 6) is 0.506. The van der Waals surface area contributed by atoms with Crippen LogP contribution in [-0.2, 0) is 4.79 Å². The first-order chi connectivity index (χ1) is 9.97. The van der Waals surface area contributed by atoms with E-state index in [1.807, 2.05) is 12.1 Å². The zero-order chi connectivity index (χ0) is 15.1. The molecule has 0 spiro atoms. The summed E-state index contributed by atoms with van der Waals surface area (Å²) < 4.78 is 0. The van der Waals surface area contributed by atoms with Crippen LogP contribution < -0.4 is 16.0 Å². The molecule has 5 heteroatoms. The highest BCUT2D eigenvalue weighted by Gasteiger charge is 2.33. The number of anilines is 2. The van der Waals surface area contributed by atoms with Crippen molar-refractivity contribution in [3.63, 3.8) is 0 Å². The number of halogens is 1. The van der Waals surface area contributed by atoms with Gasteiger partial charge in [-0.15, -0.1) is 0 Å². The van der Waals surface area contributed by atoms with Gasteiger partial charge in [-0.05, 0) is 37.3 Å². The number of hydrogen-bond donors (Lipinski definition) is 2. The molecule has 2 aliphatic rings. The molecule has 4 nitrogen and oxygen atoms in total. The van der Waals surface area contributed by atoms with Crippen molar-refractivity contribution in [1.82, 2.24) is 0 Å². The quantitative estimate of drug-likeness (QED) is 0.877. The molecular weight excluding hydrogens is 286 g/mol. The average molecular weight is 308 g/mol. The molecule has 0 saturated heterocycles. The fraction of sp³-hybridized carbons (Fsp3) is 0.562. The zero-order valence-corrected chi connectivity index (χ0v) is 13.3. The zero-order valence-electron chi connectivity index (χ0n) is 12.5. The van der Waals surface area contributed by atoms with Crippen LogP contribution in [-0.4, -0.2) is 18.5 Å². The molecular formula is C16H22ClN3O. The Morgan fingerprint density at radius 1 is 1.43 bits per heavy atom. The van der Waals surface area contributed by atoms with Crippen molar-refractivity contribution in [2.24, 2.45) is 11.7 Å². The molecule has 1 heterocycles. The first-order valence-corrected chi connectivity index (χ1v) is 8.01. The third kappa shape index (κ3) is 2.87. The lowest BCUT2D eigenvalue weighted by atomic mass is 10.1. The van der Waals surface area contributed by atoms with Crippen LogP contribution in [0.1, 0.15) is 44.7 Å². The van der Waals surface area contributed by atoms with E-state index in [9.17, 15) is 4.79 Å². The number of carbonyl (C=O) groups is 1. The van der Waals surface area contributed by atoms with Crippen molar-refractivity contribution >= 4 is 28.9 Å². The Labute approximate surface area is 130 Å². The van der Waals surface area contributed by atoms with Crippen molar-refractivity contribution in [3.05, 3.63) is 22.7 Å². The van der Waals surface area contributed by atoms with Gasteiger partial charge in [-0.25, -0.2) is 0 Å². The largest absolute Gasteiger partial charge is 0.367 e. The lowest BCUT2D eigenvalue weighted by molar-refractivity contribution is -0.116. The third-order valence-corrected chi connectivity index (χ3v) is 4.54. The van der Waals surface area contributed by atoms with Crippen LogP contribution in [0.3, 0.4) is 0 Å². The van der Waals surface area contributed by atoms with Crippen LogP contribution in [0.4, 0.5) is 11.4 Å². The molecule has 1 aromatic rings. The van der Waals surface area contributed by atoms with Gasteiger partial charge < -0.3 is 16.0 Å². The van der Waals surface area contributed by atoms with Gasteiger partial charge >= 0.3 is 0 Å². The second-order valence-corrected chi connectivity index (χ2v) is 6.87. The number of carbonyl (C=O) groups excluding carboxylic acids is 1. The number of nitrogens with one attached hydrogen (secondary N) is 1. The average Bonchev–Trinajstić information content (AvgIpc) is 3.21. The molecule has 21 heavy (non-hydrogen) atoms. The highest BCUT2D eigenvalue weighted by atomic mass is 35.5. The minimum Gasteiger partial charge on any atom is -0.367 e. The van der Waals surface area contributed by atoms with Crippen LogP contribution in [0.5, 0.6) is 0 Å². The monoisotopic (exact) mass is 307 g/mol. The number of nitrogens with two attached hydrogens (primary N) is 1. The van der Waals surface area contributed by atoms with Gasteiger partial charge in [0.05, 0.1) is 10.7 Å². The molecule has 1 fully saturated rings. The molecule has 1 unspecified atom stereocenters. The normalized spacial score (nSPS) is 20.6. The minimum atomic E-state index is -0.600. The summed E-state index contributed by atoms with van der Waals surface area (Å²) in [5.41, 5.74) is 8.50. The smallest absolute Gasteiger partial charge is 0.245 e. The molecule has 114 valence electrons. The molecule has 1 aliphatic carbocycles. The maximum absolute atomic E-state index is 11.7. The summed E-state index contributed by atoms with van der Waals surface area (Å²) >= 11 is 6.47. The first kappa shape index (κ1) is 14.7. The highest BCUT2D eigenvalue weighted by Crippen LogP contribution is 2.41. The van der Waals surface area contributed by atoms with E-state index in [0.717, 1.165) is 29.9 Å². The first-order valence-electron chi connectivity index (χ1n) is 7.64. The fourth-order valence-corrected chi connectivity index (χ4v) is 3.08. The van der Waals surface area contributed by atoms with Gasteiger partial charge in [0.15, 0.2) is 0 Å². The van der Waals surface area contributed by atoms with Crippen LogP contribution in [0.15, 0.2) is 12.1 Å². The van der Waals surface area contributed by atoms with Gasteiger partial charge in [0, 0.05) is 23.8 Å². The van der Waals surface area contributed by atoms with E-state index in [2.05, 4.69) is 24.1 Å². The van der Waals surface area contributed by atoms with Crippen LogP contribution >= 0.6 is 11.6 Å². The Hall–Kier alpha value is -1.26. The van der Waals surface area contributed by atoms with E-state index in [0.29, 0.717) is 17.0 Å². The van der Waals surface area contributed by atoms with Crippen LogP contribution in [0.2, 0.25) is 5.02 Å². The Morgan fingerprint density at radius 2 is 2.14 bits per heavy atom. The predicted octanol–water partition coefficient (Wildman–Crippen LogP) is 3.31. The lowest BCUT2D eigenvalue weighted by Crippen LogP contribution is -2.28. The van der Waals surface area contributed by atoms with Gasteiger partial charge in [-0.1, -0.05) is 25.4 Å². The second kappa shape index (κ2) is 5.50. The molecule has 0 radical (unpaired) electrons. The van der Waals surface area contributed by atoms with Gasteiger partial charge in [-0.2, -0.15) is 0 Å². The molecule has 1 aliphatic heterocycles. The summed E-state index contributed by atoms with van der Waals surface area (Å²) in [4.78, 5) is 14.1.